The number of ether oxygens (including phenoxy) is 1. The molecule has 9 heteroatoms. The summed E-state index contributed by atoms with van der Waals surface area (Å²) >= 11 is 0. The fourth-order valence-corrected chi connectivity index (χ4v) is 6.81. The summed E-state index contributed by atoms with van der Waals surface area (Å²) in [4.78, 5) is 26.2. The predicted octanol–water partition coefficient (Wildman–Crippen LogP) is 1.52. The van der Waals surface area contributed by atoms with E-state index in [0.717, 1.165) is 44.3 Å². The number of nitrogens with one attached hydrogen (secondary N) is 2. The highest BCUT2D eigenvalue weighted by Crippen LogP contribution is 2.48. The zero-order chi connectivity index (χ0) is 25.3. The molecule has 0 radical (unpaired) electrons. The quantitative estimate of drug-likeness (QED) is 0.494. The molecule has 5 aliphatic rings. The summed E-state index contributed by atoms with van der Waals surface area (Å²) in [5, 5.41) is 7.72. The van der Waals surface area contributed by atoms with Crippen molar-refractivity contribution in [1.29, 1.82) is 0 Å². The predicted molar refractivity (Wildman–Crippen MR) is 149 cm³/mol. The number of hydrogen-bond acceptors (Lipinski definition) is 5. The SMILES string of the molecule is BC1=CC2NC3=C(Cn4c3cc3c(c4=O)COC(=O)C3CC)C3=C2C(=C1C)CCC3NBBC(C)C. The van der Waals surface area contributed by atoms with Gasteiger partial charge in [0.15, 0.2) is 7.31 Å². The Morgan fingerprint density at radius 1 is 1.28 bits per heavy atom. The van der Waals surface area contributed by atoms with Crippen LogP contribution in [-0.2, 0) is 22.7 Å². The summed E-state index contributed by atoms with van der Waals surface area (Å²) in [6.07, 6.45) is 5.13. The van der Waals surface area contributed by atoms with Crippen molar-refractivity contribution in [2.24, 2.45) is 0 Å². The molecule has 0 amide bonds. The first kappa shape index (κ1) is 23.7. The van der Waals surface area contributed by atoms with Gasteiger partial charge in [0.25, 0.3) is 5.56 Å². The normalized spacial score (nSPS) is 26.1. The first-order valence-corrected chi connectivity index (χ1v) is 13.6. The summed E-state index contributed by atoms with van der Waals surface area (Å²) in [6, 6.07) is 2.49. The molecule has 36 heavy (non-hydrogen) atoms. The fourth-order valence-electron chi connectivity index (χ4n) is 6.81. The fraction of sp³-hybridized carbons (Fsp3) is 0.481. The van der Waals surface area contributed by atoms with Crippen LogP contribution in [0.5, 0.6) is 0 Å². The number of esters is 1. The van der Waals surface area contributed by atoms with Gasteiger partial charge in [-0.15, -0.1) is 0 Å². The van der Waals surface area contributed by atoms with E-state index in [0.29, 0.717) is 24.3 Å². The van der Waals surface area contributed by atoms with Crippen LogP contribution in [0.4, 0.5) is 0 Å². The Morgan fingerprint density at radius 3 is 2.83 bits per heavy atom. The van der Waals surface area contributed by atoms with Gasteiger partial charge in [0.05, 0.1) is 35.5 Å². The van der Waals surface area contributed by atoms with Crippen LogP contribution in [0.1, 0.15) is 69.7 Å². The number of aromatic nitrogens is 1. The second-order valence-corrected chi connectivity index (χ2v) is 11.4. The lowest BCUT2D eigenvalue weighted by molar-refractivity contribution is -0.148. The van der Waals surface area contributed by atoms with Gasteiger partial charge in [-0.3, -0.25) is 9.59 Å². The molecule has 1 aromatic heterocycles. The van der Waals surface area contributed by atoms with Crippen LogP contribution in [0.15, 0.2) is 50.3 Å². The van der Waals surface area contributed by atoms with E-state index in [1.807, 2.05) is 11.5 Å². The number of cyclic esters (lactones) is 1. The number of fused-ring (bicyclic) bond motifs is 4. The maximum absolute atomic E-state index is 13.7. The third-order valence-corrected chi connectivity index (χ3v) is 8.89. The molecule has 1 aromatic rings. The average molecular weight is 481 g/mol. The lowest BCUT2D eigenvalue weighted by Crippen LogP contribution is -2.46. The maximum Gasteiger partial charge on any atom is 0.313 e. The molecule has 184 valence electrons. The van der Waals surface area contributed by atoms with Crippen LogP contribution < -0.4 is 16.1 Å². The van der Waals surface area contributed by atoms with Crippen molar-refractivity contribution in [3.8, 4) is 0 Å². The van der Waals surface area contributed by atoms with E-state index >= 15 is 0 Å². The Labute approximate surface area is 215 Å². The van der Waals surface area contributed by atoms with Crippen molar-refractivity contribution in [2.75, 3.05) is 0 Å². The molecule has 0 saturated heterocycles. The zero-order valence-electron chi connectivity index (χ0n) is 22.1. The highest BCUT2D eigenvalue weighted by molar-refractivity contribution is 6.99. The summed E-state index contributed by atoms with van der Waals surface area (Å²) < 4.78 is 7.30. The monoisotopic (exact) mass is 481 g/mol. The lowest BCUT2D eigenvalue weighted by atomic mass is 9.40. The first-order chi connectivity index (χ1) is 17.3. The molecule has 0 bridgehead atoms. The topological polar surface area (TPSA) is 72.4 Å². The molecule has 0 saturated carbocycles. The number of hydrogen-bond donors (Lipinski definition) is 2. The smallest absolute Gasteiger partial charge is 0.313 e. The van der Waals surface area contributed by atoms with Crippen LogP contribution in [0.25, 0.3) is 5.70 Å². The second kappa shape index (κ2) is 8.72. The molecule has 0 aromatic carbocycles. The van der Waals surface area contributed by atoms with E-state index in [-0.39, 0.29) is 36.1 Å². The van der Waals surface area contributed by atoms with E-state index in [1.165, 1.54) is 33.3 Å². The number of rotatable bonds is 5. The number of carbonyl (C=O) groups excluding carboxylic acids is 1. The summed E-state index contributed by atoms with van der Waals surface area (Å²) in [7, 11) is 4.34. The minimum absolute atomic E-state index is 0.0167. The van der Waals surface area contributed by atoms with Gasteiger partial charge in [0.1, 0.15) is 21.6 Å². The standard InChI is InChI=1S/C27H34B3N3O3/c1-5-14-16-8-22-25-17(10-33(22)26(34)18(16)11-36-27(14)35)24-20(32-30-29-12(2)3)7-6-15-13(4)19(28)9-21(31-25)23(15)24/h8-9,12,14,20-21,29-32H,5-7,10-11,28H2,1-4H3. The molecule has 6 nitrogen and oxygen atoms in total. The van der Waals surface area contributed by atoms with Gasteiger partial charge in [-0.05, 0) is 54.5 Å². The Balaban J connectivity index is 1.50. The third-order valence-electron chi connectivity index (χ3n) is 8.89. The molecular formula is C27H34B3N3O3. The van der Waals surface area contributed by atoms with E-state index in [2.05, 4.69) is 51.3 Å². The van der Waals surface area contributed by atoms with Gasteiger partial charge in [-0.2, -0.15) is 0 Å². The van der Waals surface area contributed by atoms with Crippen LogP contribution in [0, 0.1) is 0 Å². The Morgan fingerprint density at radius 2 is 2.08 bits per heavy atom. The molecule has 3 atom stereocenters. The van der Waals surface area contributed by atoms with Crippen LogP contribution in [-0.4, -0.2) is 44.9 Å². The highest BCUT2D eigenvalue weighted by Gasteiger charge is 2.42. The molecule has 0 fully saturated rings. The maximum atomic E-state index is 13.7. The number of dihydropyridines is 1. The summed E-state index contributed by atoms with van der Waals surface area (Å²) in [5.41, 5.74) is 11.7. The first-order valence-electron chi connectivity index (χ1n) is 13.6. The largest absolute Gasteiger partial charge is 0.460 e. The molecule has 2 aliphatic carbocycles. The van der Waals surface area contributed by atoms with Gasteiger partial charge in [0, 0.05) is 11.6 Å². The molecule has 3 aliphatic heterocycles. The highest BCUT2D eigenvalue weighted by atomic mass is 16.5. The average Bonchev–Trinajstić information content (AvgIpc) is 3.21. The molecule has 6 rings (SSSR count). The molecule has 4 heterocycles. The van der Waals surface area contributed by atoms with Gasteiger partial charge in [0.2, 0.25) is 0 Å². The summed E-state index contributed by atoms with van der Waals surface area (Å²) in [6.45, 7) is 9.41. The second-order valence-electron chi connectivity index (χ2n) is 11.4. The Kier molecular flexibility index (Phi) is 5.75. The van der Waals surface area contributed by atoms with Crippen LogP contribution in [0.3, 0.4) is 0 Å². The third kappa shape index (κ3) is 3.46. The lowest BCUT2D eigenvalue weighted by Gasteiger charge is -2.42. The van der Waals surface area contributed by atoms with E-state index in [1.54, 1.807) is 0 Å². The number of allylic oxidation sites excluding steroid dienone is 2. The van der Waals surface area contributed by atoms with E-state index < -0.39 is 0 Å². The Hall–Kier alpha value is -2.67. The minimum Gasteiger partial charge on any atom is -0.460 e. The van der Waals surface area contributed by atoms with Crippen molar-refractivity contribution in [2.45, 2.75) is 83.9 Å². The van der Waals surface area contributed by atoms with E-state index in [4.69, 9.17) is 4.74 Å². The van der Waals surface area contributed by atoms with Crippen molar-refractivity contribution < 1.29 is 9.53 Å². The van der Waals surface area contributed by atoms with Gasteiger partial charge < -0.3 is 19.8 Å². The van der Waals surface area contributed by atoms with Gasteiger partial charge in [-0.25, -0.2) is 0 Å². The van der Waals surface area contributed by atoms with Gasteiger partial charge in [-0.1, -0.05) is 43.7 Å². The van der Waals surface area contributed by atoms with Crippen molar-refractivity contribution in [3.63, 3.8) is 0 Å². The molecular weight excluding hydrogens is 447 g/mol. The zero-order valence-corrected chi connectivity index (χ0v) is 22.1. The molecule has 3 unspecified atom stereocenters. The number of pyridine rings is 1. The molecule has 0 spiro atoms. The molecule has 2 N–H and O–H groups in total. The van der Waals surface area contributed by atoms with Crippen LogP contribution >= 0.6 is 0 Å². The van der Waals surface area contributed by atoms with Crippen molar-refractivity contribution in [1.82, 2.24) is 15.1 Å². The minimum atomic E-state index is -0.371. The van der Waals surface area contributed by atoms with Crippen molar-refractivity contribution in [3.05, 3.63) is 72.7 Å². The van der Waals surface area contributed by atoms with Crippen molar-refractivity contribution >= 4 is 34.0 Å². The summed E-state index contributed by atoms with van der Waals surface area (Å²) in [5.74, 6) is 0.0646. The number of nitrogens with zero attached hydrogens (tertiary/aromatic N) is 1. The number of carbonyl (C=O) groups is 1. The Bertz CT molecular complexity index is 1370. The van der Waals surface area contributed by atoms with E-state index in [9.17, 15) is 9.59 Å². The van der Waals surface area contributed by atoms with Gasteiger partial charge >= 0.3 is 5.97 Å². The van der Waals surface area contributed by atoms with Crippen LogP contribution in [0.2, 0.25) is 5.82 Å².